The van der Waals surface area contributed by atoms with Crippen LogP contribution in [0.25, 0.3) is 0 Å². The van der Waals surface area contributed by atoms with Crippen molar-refractivity contribution in [1.29, 1.82) is 0 Å². The zero-order valence-electron chi connectivity index (χ0n) is 12.0. The summed E-state index contributed by atoms with van der Waals surface area (Å²) in [6.07, 6.45) is 3.06. The fraction of sp³-hybridized carbons (Fsp3) is 0.929. The van der Waals surface area contributed by atoms with Crippen molar-refractivity contribution in [2.75, 3.05) is 6.54 Å². The summed E-state index contributed by atoms with van der Waals surface area (Å²) in [5, 5.41) is 12.5. The van der Waals surface area contributed by atoms with Crippen LogP contribution in [-0.2, 0) is 4.79 Å². The molecule has 0 heterocycles. The van der Waals surface area contributed by atoms with Gasteiger partial charge >= 0.3 is 5.97 Å². The number of carbonyl (C=O) groups is 1. The maximum atomic E-state index is 11.1. The molecule has 0 aliphatic carbocycles. The molecule has 0 fully saturated rings. The maximum Gasteiger partial charge on any atom is 0.307 e. The summed E-state index contributed by atoms with van der Waals surface area (Å²) in [7, 11) is 0. The van der Waals surface area contributed by atoms with Gasteiger partial charge in [0.1, 0.15) is 0 Å². The lowest BCUT2D eigenvalue weighted by Gasteiger charge is -2.19. The first-order valence-electron chi connectivity index (χ1n) is 6.79. The Morgan fingerprint density at radius 3 is 2.06 bits per heavy atom. The quantitative estimate of drug-likeness (QED) is 0.654. The largest absolute Gasteiger partial charge is 0.481 e. The van der Waals surface area contributed by atoms with E-state index in [1.165, 1.54) is 6.42 Å². The zero-order valence-corrected chi connectivity index (χ0v) is 12.0. The van der Waals surface area contributed by atoms with Gasteiger partial charge in [-0.3, -0.25) is 4.79 Å². The maximum absolute atomic E-state index is 11.1. The summed E-state index contributed by atoms with van der Waals surface area (Å²) in [6.45, 7) is 11.3. The Morgan fingerprint density at radius 2 is 1.65 bits per heavy atom. The molecule has 2 N–H and O–H groups in total. The van der Waals surface area contributed by atoms with Gasteiger partial charge in [0.2, 0.25) is 0 Å². The Labute approximate surface area is 106 Å². The second kappa shape index (κ2) is 8.51. The second-order valence-corrected chi connectivity index (χ2v) is 5.95. The average Bonchev–Trinajstić information content (AvgIpc) is 2.20. The molecule has 0 aromatic rings. The molecule has 0 saturated heterocycles. The minimum atomic E-state index is -0.678. The highest BCUT2D eigenvalue weighted by molar-refractivity contribution is 5.70. The van der Waals surface area contributed by atoms with Crippen LogP contribution in [0.2, 0.25) is 0 Å². The average molecular weight is 243 g/mol. The molecule has 3 heteroatoms. The van der Waals surface area contributed by atoms with Crippen molar-refractivity contribution in [3.05, 3.63) is 0 Å². The second-order valence-electron chi connectivity index (χ2n) is 5.95. The van der Waals surface area contributed by atoms with Crippen molar-refractivity contribution in [2.24, 2.45) is 17.8 Å². The van der Waals surface area contributed by atoms with E-state index in [-0.39, 0.29) is 5.92 Å². The highest BCUT2D eigenvalue weighted by atomic mass is 16.4. The van der Waals surface area contributed by atoms with E-state index in [9.17, 15) is 4.79 Å². The van der Waals surface area contributed by atoms with E-state index < -0.39 is 5.97 Å². The van der Waals surface area contributed by atoms with Gasteiger partial charge in [-0.15, -0.1) is 0 Å². The third-order valence-electron chi connectivity index (χ3n) is 2.99. The third-order valence-corrected chi connectivity index (χ3v) is 2.99. The highest BCUT2D eigenvalue weighted by Gasteiger charge is 2.19. The lowest BCUT2D eigenvalue weighted by molar-refractivity contribution is -0.142. The summed E-state index contributed by atoms with van der Waals surface area (Å²) >= 11 is 0. The van der Waals surface area contributed by atoms with Crippen molar-refractivity contribution in [3.63, 3.8) is 0 Å². The molecule has 0 aromatic carbocycles. The highest BCUT2D eigenvalue weighted by Crippen LogP contribution is 2.12. The van der Waals surface area contributed by atoms with Crippen LogP contribution < -0.4 is 5.32 Å². The number of hydrogen-bond donors (Lipinski definition) is 2. The number of rotatable bonds is 9. The van der Waals surface area contributed by atoms with E-state index in [0.717, 1.165) is 12.8 Å². The van der Waals surface area contributed by atoms with Crippen LogP contribution in [0.3, 0.4) is 0 Å². The topological polar surface area (TPSA) is 49.3 Å². The summed E-state index contributed by atoms with van der Waals surface area (Å²) in [6, 6.07) is 0.409. The van der Waals surface area contributed by atoms with Gasteiger partial charge in [-0.25, -0.2) is 0 Å². The van der Waals surface area contributed by atoms with Crippen LogP contribution in [0.4, 0.5) is 0 Å². The van der Waals surface area contributed by atoms with Crippen LogP contribution in [0.15, 0.2) is 0 Å². The lowest BCUT2D eigenvalue weighted by atomic mass is 9.96. The van der Waals surface area contributed by atoms with Gasteiger partial charge in [0, 0.05) is 12.6 Å². The predicted molar refractivity (Wildman–Crippen MR) is 72.1 cm³/mol. The SMILES string of the molecule is CC(C)CCC(C)NCC(CC(C)C)C(=O)O. The van der Waals surface area contributed by atoms with Crippen molar-refractivity contribution >= 4 is 5.97 Å². The van der Waals surface area contributed by atoms with E-state index >= 15 is 0 Å². The third kappa shape index (κ3) is 9.16. The number of hydrogen-bond acceptors (Lipinski definition) is 2. The molecular formula is C14H29NO2. The summed E-state index contributed by atoms with van der Waals surface area (Å²) in [5.41, 5.74) is 0. The number of nitrogens with one attached hydrogen (secondary N) is 1. The van der Waals surface area contributed by atoms with Crippen molar-refractivity contribution in [2.45, 2.75) is 59.9 Å². The molecule has 0 rings (SSSR count). The molecule has 0 amide bonds. The number of carboxylic acid groups (broad SMARTS) is 1. The van der Waals surface area contributed by atoms with Crippen LogP contribution in [-0.4, -0.2) is 23.7 Å². The summed E-state index contributed by atoms with van der Waals surface area (Å²) < 4.78 is 0. The first-order valence-corrected chi connectivity index (χ1v) is 6.79. The van der Waals surface area contributed by atoms with Gasteiger partial charge in [0.25, 0.3) is 0 Å². The van der Waals surface area contributed by atoms with Gasteiger partial charge in [-0.05, 0) is 38.0 Å². The molecule has 102 valence electrons. The molecular weight excluding hydrogens is 214 g/mol. The molecule has 2 unspecified atom stereocenters. The number of aliphatic carboxylic acids is 1. The Bertz CT molecular complexity index is 214. The Kier molecular flexibility index (Phi) is 8.23. The number of carboxylic acids is 1. The van der Waals surface area contributed by atoms with Crippen LogP contribution in [0.5, 0.6) is 0 Å². The van der Waals surface area contributed by atoms with Gasteiger partial charge in [-0.2, -0.15) is 0 Å². The van der Waals surface area contributed by atoms with Gasteiger partial charge in [0.15, 0.2) is 0 Å². The Balaban J connectivity index is 3.91. The normalized spacial score (nSPS) is 15.2. The molecule has 3 nitrogen and oxygen atoms in total. The van der Waals surface area contributed by atoms with Gasteiger partial charge in [-0.1, -0.05) is 27.7 Å². The van der Waals surface area contributed by atoms with Crippen LogP contribution in [0.1, 0.15) is 53.9 Å². The fourth-order valence-corrected chi connectivity index (χ4v) is 1.87. The van der Waals surface area contributed by atoms with Crippen molar-refractivity contribution in [1.82, 2.24) is 5.32 Å². The molecule has 0 saturated carbocycles. The molecule has 2 atom stereocenters. The van der Waals surface area contributed by atoms with Crippen molar-refractivity contribution in [3.8, 4) is 0 Å². The van der Waals surface area contributed by atoms with Crippen LogP contribution in [0, 0.1) is 17.8 Å². The van der Waals surface area contributed by atoms with E-state index in [2.05, 4.69) is 39.9 Å². The Hall–Kier alpha value is -0.570. The molecule has 0 spiro atoms. The van der Waals surface area contributed by atoms with Gasteiger partial charge in [0.05, 0.1) is 5.92 Å². The monoisotopic (exact) mass is 243 g/mol. The molecule has 17 heavy (non-hydrogen) atoms. The summed E-state index contributed by atoms with van der Waals surface area (Å²) in [5.74, 6) is 0.216. The molecule has 0 aliphatic heterocycles. The lowest BCUT2D eigenvalue weighted by Crippen LogP contribution is -2.35. The first kappa shape index (κ1) is 16.4. The zero-order chi connectivity index (χ0) is 13.4. The molecule has 0 radical (unpaired) electrons. The first-order chi connectivity index (χ1) is 7.82. The van der Waals surface area contributed by atoms with Gasteiger partial charge < -0.3 is 10.4 Å². The minimum Gasteiger partial charge on any atom is -0.481 e. The molecule has 0 bridgehead atoms. The Morgan fingerprint density at radius 1 is 1.06 bits per heavy atom. The molecule has 0 aromatic heterocycles. The smallest absolute Gasteiger partial charge is 0.307 e. The van der Waals surface area contributed by atoms with E-state index in [0.29, 0.717) is 24.4 Å². The van der Waals surface area contributed by atoms with E-state index in [1.54, 1.807) is 0 Å². The van der Waals surface area contributed by atoms with E-state index in [1.807, 2.05) is 0 Å². The predicted octanol–water partition coefficient (Wildman–Crippen LogP) is 3.15. The van der Waals surface area contributed by atoms with Crippen LogP contribution >= 0.6 is 0 Å². The van der Waals surface area contributed by atoms with E-state index in [4.69, 9.17) is 5.11 Å². The van der Waals surface area contributed by atoms with Crippen molar-refractivity contribution < 1.29 is 9.90 Å². The summed E-state index contributed by atoms with van der Waals surface area (Å²) in [4.78, 5) is 11.1. The fourth-order valence-electron chi connectivity index (χ4n) is 1.87. The molecule has 0 aliphatic rings. The standard InChI is InChI=1S/C14H29NO2/c1-10(2)6-7-12(5)15-9-13(14(16)17)8-11(3)4/h10-13,15H,6-9H2,1-5H3,(H,16,17). The minimum absolute atomic E-state index is 0.253.